The molecule has 188 valence electrons. The summed E-state index contributed by atoms with van der Waals surface area (Å²) in [6, 6.07) is 13.8. The first-order valence-electron chi connectivity index (χ1n) is 12.7. The Morgan fingerprint density at radius 3 is 2.63 bits per heavy atom. The lowest BCUT2D eigenvalue weighted by Crippen LogP contribution is -2.35. The number of hydrogen-bond donors (Lipinski definition) is 0. The van der Waals surface area contributed by atoms with E-state index in [9.17, 15) is 4.79 Å². The topological polar surface area (TPSA) is 56.6 Å². The Morgan fingerprint density at radius 1 is 1.11 bits per heavy atom. The van der Waals surface area contributed by atoms with Crippen LogP contribution in [0.5, 0.6) is 5.75 Å². The van der Waals surface area contributed by atoms with Crippen molar-refractivity contribution in [3.8, 4) is 5.75 Å². The van der Waals surface area contributed by atoms with Crippen LogP contribution in [0.15, 0.2) is 42.5 Å². The molecule has 4 rings (SSSR count). The number of para-hydroxylation sites is 1. The summed E-state index contributed by atoms with van der Waals surface area (Å²) >= 11 is 6.00. The lowest BCUT2D eigenvalue weighted by atomic mass is 9.92. The van der Waals surface area contributed by atoms with Crippen LogP contribution in [0.4, 0.5) is 0 Å². The molecule has 1 aliphatic rings. The molecular formula is C28H36ClN3O3. The number of nitrogens with zero attached hydrogens (tertiary/aromatic N) is 3. The van der Waals surface area contributed by atoms with Crippen LogP contribution in [0.25, 0.3) is 11.0 Å². The number of aromatic nitrogens is 2. The molecule has 6 nitrogen and oxygen atoms in total. The predicted octanol–water partition coefficient (Wildman–Crippen LogP) is 6.02. The third kappa shape index (κ3) is 6.98. The number of carbonyl (C=O) groups excluding carboxylic acids is 1. The monoisotopic (exact) mass is 497 g/mol. The standard InChI is InChI=1S/C28H36ClN3O3/c1-3-34-27(33)13-8-22-14-18-31(19-15-22)16-5-17-32-25-7-4-6-21(2)28(25)30-26(32)20-35-24-11-9-23(29)10-12-24/h4,6-7,9-12,22H,3,5,8,13-20H2,1-2H3. The highest BCUT2D eigenvalue weighted by atomic mass is 35.5. The second-order valence-electron chi connectivity index (χ2n) is 9.35. The molecule has 0 atom stereocenters. The van der Waals surface area contributed by atoms with E-state index >= 15 is 0 Å². The molecule has 7 heteroatoms. The second kappa shape index (κ2) is 12.4. The number of esters is 1. The van der Waals surface area contributed by atoms with Gasteiger partial charge in [0, 0.05) is 18.0 Å². The lowest BCUT2D eigenvalue weighted by Gasteiger charge is -2.32. The summed E-state index contributed by atoms with van der Waals surface area (Å²) in [5.41, 5.74) is 3.39. The van der Waals surface area contributed by atoms with Crippen molar-refractivity contribution in [3.63, 3.8) is 0 Å². The maximum Gasteiger partial charge on any atom is 0.305 e. The Labute approximate surface area is 213 Å². The molecule has 0 radical (unpaired) electrons. The van der Waals surface area contributed by atoms with Gasteiger partial charge >= 0.3 is 5.97 Å². The molecule has 1 aliphatic heterocycles. The zero-order chi connectivity index (χ0) is 24.6. The Bertz CT molecular complexity index is 1100. The highest BCUT2D eigenvalue weighted by Gasteiger charge is 2.20. The van der Waals surface area contributed by atoms with E-state index < -0.39 is 0 Å². The molecule has 0 amide bonds. The van der Waals surface area contributed by atoms with E-state index in [2.05, 4.69) is 34.6 Å². The first-order valence-corrected chi connectivity index (χ1v) is 13.1. The van der Waals surface area contributed by atoms with Crippen molar-refractivity contribution >= 4 is 28.6 Å². The Kier molecular flexibility index (Phi) is 9.05. The quantitative estimate of drug-likeness (QED) is 0.303. The lowest BCUT2D eigenvalue weighted by molar-refractivity contribution is -0.143. The van der Waals surface area contributed by atoms with Crippen LogP contribution >= 0.6 is 11.6 Å². The number of halogens is 1. The van der Waals surface area contributed by atoms with Crippen LogP contribution < -0.4 is 4.74 Å². The number of carbonyl (C=O) groups is 1. The van der Waals surface area contributed by atoms with Gasteiger partial charge in [0.05, 0.1) is 17.6 Å². The molecule has 0 aliphatic carbocycles. The van der Waals surface area contributed by atoms with Crippen molar-refractivity contribution < 1.29 is 14.3 Å². The SMILES string of the molecule is CCOC(=O)CCC1CCN(CCCn2c(COc3ccc(Cl)cc3)nc3c(C)cccc32)CC1. The number of ether oxygens (including phenoxy) is 2. The number of likely N-dealkylation sites (tertiary alicyclic amines) is 1. The maximum atomic E-state index is 11.6. The van der Waals surface area contributed by atoms with Crippen LogP contribution in [0, 0.1) is 12.8 Å². The average Bonchev–Trinajstić information content (AvgIpc) is 3.22. The second-order valence-corrected chi connectivity index (χ2v) is 9.78. The van der Waals surface area contributed by atoms with Gasteiger partial charge in [-0.15, -0.1) is 0 Å². The van der Waals surface area contributed by atoms with Gasteiger partial charge in [-0.25, -0.2) is 4.98 Å². The zero-order valence-corrected chi connectivity index (χ0v) is 21.6. The van der Waals surface area contributed by atoms with Crippen LogP contribution in [0.1, 0.15) is 50.4 Å². The molecule has 0 bridgehead atoms. The first-order chi connectivity index (χ1) is 17.0. The highest BCUT2D eigenvalue weighted by Crippen LogP contribution is 2.24. The fourth-order valence-corrected chi connectivity index (χ4v) is 5.01. The van der Waals surface area contributed by atoms with E-state index in [0.717, 1.165) is 74.5 Å². The molecule has 0 unspecified atom stereocenters. The first kappa shape index (κ1) is 25.5. The van der Waals surface area contributed by atoms with Crippen LogP contribution in [0.2, 0.25) is 5.02 Å². The van der Waals surface area contributed by atoms with Gasteiger partial charge in [0.15, 0.2) is 0 Å². The Balaban J connectivity index is 1.31. The van der Waals surface area contributed by atoms with Gasteiger partial charge < -0.3 is 18.9 Å². The number of imidazole rings is 1. The zero-order valence-electron chi connectivity index (χ0n) is 20.8. The number of aryl methyl sites for hydroxylation is 2. The number of benzene rings is 2. The third-order valence-electron chi connectivity index (χ3n) is 6.87. The van der Waals surface area contributed by atoms with Crippen molar-refractivity contribution in [3.05, 3.63) is 58.9 Å². The largest absolute Gasteiger partial charge is 0.486 e. The summed E-state index contributed by atoms with van der Waals surface area (Å²) in [5.74, 6) is 2.30. The summed E-state index contributed by atoms with van der Waals surface area (Å²) < 4.78 is 13.4. The number of fused-ring (bicyclic) bond motifs is 1. The van der Waals surface area contributed by atoms with E-state index in [0.29, 0.717) is 30.6 Å². The minimum absolute atomic E-state index is 0.0615. The maximum absolute atomic E-state index is 11.6. The van der Waals surface area contributed by atoms with E-state index in [1.165, 1.54) is 5.56 Å². The van der Waals surface area contributed by atoms with Gasteiger partial charge in [-0.1, -0.05) is 23.7 Å². The fourth-order valence-electron chi connectivity index (χ4n) is 4.88. The smallest absolute Gasteiger partial charge is 0.305 e. The summed E-state index contributed by atoms with van der Waals surface area (Å²) in [6.45, 7) is 9.03. The van der Waals surface area contributed by atoms with Gasteiger partial charge in [0.2, 0.25) is 0 Å². The summed E-state index contributed by atoms with van der Waals surface area (Å²) in [7, 11) is 0. The molecule has 2 heterocycles. The summed E-state index contributed by atoms with van der Waals surface area (Å²) in [6.07, 6.45) is 4.87. The number of piperidine rings is 1. The van der Waals surface area contributed by atoms with Gasteiger partial charge in [-0.2, -0.15) is 0 Å². The molecule has 3 aromatic rings. The van der Waals surface area contributed by atoms with Crippen molar-refractivity contribution in [1.29, 1.82) is 0 Å². The van der Waals surface area contributed by atoms with Crippen molar-refractivity contribution in [2.45, 2.75) is 59.1 Å². The molecule has 0 spiro atoms. The number of rotatable bonds is 11. The normalized spacial score (nSPS) is 14.9. The van der Waals surface area contributed by atoms with E-state index in [1.807, 2.05) is 31.2 Å². The van der Waals surface area contributed by atoms with Crippen molar-refractivity contribution in [1.82, 2.24) is 14.5 Å². The molecule has 0 N–H and O–H groups in total. The molecule has 1 aromatic heterocycles. The van der Waals surface area contributed by atoms with Crippen LogP contribution in [0.3, 0.4) is 0 Å². The Morgan fingerprint density at radius 2 is 1.89 bits per heavy atom. The van der Waals surface area contributed by atoms with Crippen molar-refractivity contribution in [2.75, 3.05) is 26.2 Å². The molecular weight excluding hydrogens is 462 g/mol. The average molecular weight is 498 g/mol. The van der Waals surface area contributed by atoms with Gasteiger partial charge in [0.25, 0.3) is 0 Å². The van der Waals surface area contributed by atoms with Crippen LogP contribution in [-0.4, -0.2) is 46.7 Å². The van der Waals surface area contributed by atoms with E-state index in [4.69, 9.17) is 26.1 Å². The predicted molar refractivity (Wildman–Crippen MR) is 140 cm³/mol. The van der Waals surface area contributed by atoms with Crippen LogP contribution in [-0.2, 0) is 22.7 Å². The summed E-state index contributed by atoms with van der Waals surface area (Å²) in [4.78, 5) is 19.1. The third-order valence-corrected chi connectivity index (χ3v) is 7.12. The van der Waals surface area contributed by atoms with Gasteiger partial charge in [-0.3, -0.25) is 4.79 Å². The van der Waals surface area contributed by atoms with E-state index in [1.54, 1.807) is 0 Å². The minimum atomic E-state index is -0.0615. The number of hydrogen-bond acceptors (Lipinski definition) is 5. The Hall–Kier alpha value is -2.57. The minimum Gasteiger partial charge on any atom is -0.486 e. The summed E-state index contributed by atoms with van der Waals surface area (Å²) in [5, 5.41) is 0.697. The molecule has 2 aromatic carbocycles. The van der Waals surface area contributed by atoms with E-state index in [-0.39, 0.29) is 5.97 Å². The fraction of sp³-hybridized carbons (Fsp3) is 0.500. The van der Waals surface area contributed by atoms with Gasteiger partial charge in [-0.05, 0) is 101 Å². The highest BCUT2D eigenvalue weighted by molar-refractivity contribution is 6.30. The van der Waals surface area contributed by atoms with Crippen molar-refractivity contribution in [2.24, 2.45) is 5.92 Å². The molecule has 35 heavy (non-hydrogen) atoms. The van der Waals surface area contributed by atoms with Gasteiger partial charge in [0.1, 0.15) is 18.2 Å². The molecule has 0 saturated carbocycles. The molecule has 1 fully saturated rings. The molecule has 1 saturated heterocycles.